The molecule has 0 saturated heterocycles. The first-order chi connectivity index (χ1) is 6.70. The van der Waals surface area contributed by atoms with Gasteiger partial charge in [-0.1, -0.05) is 6.58 Å². The predicted molar refractivity (Wildman–Crippen MR) is 49.3 cm³/mol. The first-order valence-electron chi connectivity index (χ1n) is 4.16. The summed E-state index contributed by atoms with van der Waals surface area (Å²) in [6.07, 6.45) is 2.08. The Morgan fingerprint density at radius 3 is 3.00 bits per heavy atom. The zero-order valence-electron chi connectivity index (χ0n) is 7.93. The van der Waals surface area contributed by atoms with Crippen molar-refractivity contribution in [3.8, 4) is 0 Å². The molecule has 1 heterocycles. The molecule has 5 nitrogen and oxygen atoms in total. The number of hydrogen-bond donors (Lipinski definition) is 0. The molecule has 0 N–H and O–H groups in total. The van der Waals surface area contributed by atoms with Crippen LogP contribution in [0.4, 0.5) is 0 Å². The van der Waals surface area contributed by atoms with Crippen LogP contribution in [0.15, 0.2) is 24.4 Å². The number of carbonyl (C=O) groups is 1. The van der Waals surface area contributed by atoms with Crippen molar-refractivity contribution in [1.29, 1.82) is 0 Å². The van der Waals surface area contributed by atoms with E-state index in [-0.39, 0.29) is 12.6 Å². The van der Waals surface area contributed by atoms with Gasteiger partial charge in [-0.3, -0.25) is 0 Å². The molecule has 0 aliphatic carbocycles. The summed E-state index contributed by atoms with van der Waals surface area (Å²) >= 11 is 0. The van der Waals surface area contributed by atoms with E-state index in [4.69, 9.17) is 4.74 Å². The van der Waals surface area contributed by atoms with Crippen LogP contribution in [0.3, 0.4) is 0 Å². The van der Waals surface area contributed by atoms with Gasteiger partial charge < -0.3 is 4.74 Å². The van der Waals surface area contributed by atoms with Crippen molar-refractivity contribution in [3.05, 3.63) is 30.1 Å². The van der Waals surface area contributed by atoms with Crippen LogP contribution in [0, 0.1) is 0 Å². The molecular weight excluding hydrogens is 182 g/mol. The van der Waals surface area contributed by atoms with Crippen LogP contribution < -0.4 is 0 Å². The van der Waals surface area contributed by atoms with Gasteiger partial charge in [-0.15, -0.1) is 10.2 Å². The van der Waals surface area contributed by atoms with Crippen LogP contribution in [0.2, 0.25) is 0 Å². The van der Waals surface area contributed by atoms with E-state index in [0.717, 1.165) is 5.69 Å². The molecule has 74 valence electrons. The molecule has 0 atom stereocenters. The summed E-state index contributed by atoms with van der Waals surface area (Å²) in [6.45, 7) is 5.36. The molecule has 0 bridgehead atoms. The highest BCUT2D eigenvalue weighted by atomic mass is 16.5. The number of aromatic nitrogens is 3. The quantitative estimate of drug-likeness (QED) is 0.515. The first-order valence-corrected chi connectivity index (χ1v) is 4.16. The van der Waals surface area contributed by atoms with Crippen LogP contribution in [0.1, 0.15) is 12.6 Å². The fraction of sp³-hybridized carbons (Fsp3) is 0.333. The molecule has 1 aromatic rings. The van der Waals surface area contributed by atoms with Crippen LogP contribution in [0.5, 0.6) is 0 Å². The van der Waals surface area contributed by atoms with E-state index in [1.54, 1.807) is 19.2 Å². The molecule has 0 fully saturated rings. The summed E-state index contributed by atoms with van der Waals surface area (Å²) in [5, 5.41) is 10.7. The lowest BCUT2D eigenvalue weighted by molar-refractivity contribution is -0.138. The van der Waals surface area contributed by atoms with Gasteiger partial charge in [-0.2, -0.15) is 0 Å². The topological polar surface area (TPSA) is 65.0 Å². The Kier molecular flexibility index (Phi) is 3.72. The predicted octanol–water partition coefficient (Wildman–Crippen LogP) is 0.533. The number of nitrogens with zero attached hydrogens (tertiary/aromatic N) is 3. The van der Waals surface area contributed by atoms with Gasteiger partial charge in [0.1, 0.15) is 0 Å². The summed E-state index contributed by atoms with van der Waals surface area (Å²) in [5.74, 6) is -0.382. The monoisotopic (exact) mass is 193 g/mol. The van der Waals surface area contributed by atoms with Crippen molar-refractivity contribution in [1.82, 2.24) is 15.4 Å². The van der Waals surface area contributed by atoms with Crippen LogP contribution >= 0.6 is 0 Å². The SMILES string of the molecule is C=C(C)C(=O)OCCc1ccnnn1. The molecule has 0 aliphatic heterocycles. The second kappa shape index (κ2) is 5.06. The third-order valence-corrected chi connectivity index (χ3v) is 1.50. The molecule has 0 spiro atoms. The highest BCUT2D eigenvalue weighted by molar-refractivity contribution is 5.86. The largest absolute Gasteiger partial charge is 0.462 e. The van der Waals surface area contributed by atoms with Gasteiger partial charge in [0.15, 0.2) is 0 Å². The Labute approximate surface area is 81.8 Å². The van der Waals surface area contributed by atoms with Gasteiger partial charge in [0, 0.05) is 12.0 Å². The molecule has 0 amide bonds. The van der Waals surface area contributed by atoms with Crippen LogP contribution in [-0.2, 0) is 16.0 Å². The van der Waals surface area contributed by atoms with E-state index in [1.165, 1.54) is 0 Å². The number of rotatable bonds is 4. The van der Waals surface area contributed by atoms with Crippen molar-refractivity contribution in [2.45, 2.75) is 13.3 Å². The molecule has 0 aliphatic rings. The van der Waals surface area contributed by atoms with Crippen molar-refractivity contribution < 1.29 is 9.53 Å². The zero-order valence-corrected chi connectivity index (χ0v) is 7.93. The normalized spacial score (nSPS) is 9.50. The molecule has 0 radical (unpaired) electrons. The van der Waals surface area contributed by atoms with Gasteiger partial charge >= 0.3 is 5.97 Å². The summed E-state index contributed by atoms with van der Waals surface area (Å²) in [7, 11) is 0. The fourth-order valence-corrected chi connectivity index (χ4v) is 0.771. The standard InChI is InChI=1S/C9H11N3O2/c1-7(2)9(13)14-6-4-8-3-5-10-12-11-8/h3,5H,1,4,6H2,2H3. The Hall–Kier alpha value is -1.78. The average Bonchev–Trinajstić information content (AvgIpc) is 2.19. The van der Waals surface area contributed by atoms with Gasteiger partial charge in [-0.05, 0) is 18.2 Å². The maximum atomic E-state index is 11.0. The van der Waals surface area contributed by atoms with Crippen LogP contribution in [0.25, 0.3) is 0 Å². The molecule has 5 heteroatoms. The third-order valence-electron chi connectivity index (χ3n) is 1.50. The number of hydrogen-bond acceptors (Lipinski definition) is 5. The lowest BCUT2D eigenvalue weighted by Crippen LogP contribution is -2.09. The zero-order chi connectivity index (χ0) is 10.4. The maximum Gasteiger partial charge on any atom is 0.333 e. The Bertz CT molecular complexity index is 324. The second-order valence-corrected chi connectivity index (χ2v) is 2.78. The lowest BCUT2D eigenvalue weighted by atomic mass is 10.3. The van der Waals surface area contributed by atoms with Gasteiger partial charge in [0.05, 0.1) is 18.5 Å². The average molecular weight is 193 g/mol. The summed E-state index contributed by atoms with van der Waals surface area (Å²) in [5.41, 5.74) is 1.14. The highest BCUT2D eigenvalue weighted by Gasteiger charge is 2.02. The Balaban J connectivity index is 2.29. The van der Waals surface area contributed by atoms with Gasteiger partial charge in [-0.25, -0.2) is 4.79 Å². The van der Waals surface area contributed by atoms with E-state index in [1.807, 2.05) is 0 Å². The van der Waals surface area contributed by atoms with Gasteiger partial charge in [0.25, 0.3) is 0 Å². The fourth-order valence-electron chi connectivity index (χ4n) is 0.771. The van der Waals surface area contributed by atoms with E-state index in [0.29, 0.717) is 12.0 Å². The molecule has 1 aromatic heterocycles. The van der Waals surface area contributed by atoms with E-state index < -0.39 is 0 Å². The van der Waals surface area contributed by atoms with E-state index >= 15 is 0 Å². The lowest BCUT2D eigenvalue weighted by Gasteiger charge is -2.02. The minimum Gasteiger partial charge on any atom is -0.462 e. The molecule has 0 saturated carbocycles. The number of ether oxygens (including phenoxy) is 1. The summed E-state index contributed by atoms with van der Waals surface area (Å²) < 4.78 is 4.88. The molecule has 14 heavy (non-hydrogen) atoms. The number of carbonyl (C=O) groups excluding carboxylic acids is 1. The Morgan fingerprint density at radius 1 is 1.64 bits per heavy atom. The highest BCUT2D eigenvalue weighted by Crippen LogP contribution is 1.95. The minimum atomic E-state index is -0.382. The molecule has 0 unspecified atom stereocenters. The summed E-state index contributed by atoms with van der Waals surface area (Å²) in [4.78, 5) is 11.0. The van der Waals surface area contributed by atoms with Crippen molar-refractivity contribution in [2.24, 2.45) is 0 Å². The molecule has 0 aromatic carbocycles. The van der Waals surface area contributed by atoms with Crippen molar-refractivity contribution in [2.75, 3.05) is 6.61 Å². The van der Waals surface area contributed by atoms with Crippen molar-refractivity contribution in [3.63, 3.8) is 0 Å². The van der Waals surface area contributed by atoms with E-state index in [9.17, 15) is 4.79 Å². The molecular formula is C9H11N3O2. The Morgan fingerprint density at radius 2 is 2.43 bits per heavy atom. The minimum absolute atomic E-state index is 0.282. The summed E-state index contributed by atoms with van der Waals surface area (Å²) in [6, 6.07) is 1.72. The van der Waals surface area contributed by atoms with E-state index in [2.05, 4.69) is 22.0 Å². The maximum absolute atomic E-state index is 11.0. The van der Waals surface area contributed by atoms with Gasteiger partial charge in [0.2, 0.25) is 0 Å². The van der Waals surface area contributed by atoms with Crippen molar-refractivity contribution >= 4 is 5.97 Å². The second-order valence-electron chi connectivity index (χ2n) is 2.78. The first kappa shape index (κ1) is 10.3. The smallest absolute Gasteiger partial charge is 0.333 e. The third kappa shape index (κ3) is 3.30. The molecule has 1 rings (SSSR count). The van der Waals surface area contributed by atoms with Crippen LogP contribution in [-0.4, -0.2) is 28.0 Å². The number of esters is 1.